The van der Waals surface area contributed by atoms with E-state index in [0.29, 0.717) is 30.0 Å². The fourth-order valence-corrected chi connectivity index (χ4v) is 2.95. The Labute approximate surface area is 160 Å². The largest absolute Gasteiger partial charge is 0.496 e. The number of rotatable bonds is 6. The third kappa shape index (κ3) is 4.89. The van der Waals surface area contributed by atoms with Gasteiger partial charge in [-0.1, -0.05) is 23.7 Å². The molecular weight excluding hydrogens is 375 g/mol. The lowest BCUT2D eigenvalue weighted by molar-refractivity contribution is -0.115. The van der Waals surface area contributed by atoms with Crippen LogP contribution in [0.4, 0.5) is 14.9 Å². The smallest absolute Gasteiger partial charge is 0.407 e. The Balaban J connectivity index is 1.64. The van der Waals surface area contributed by atoms with E-state index in [1.807, 2.05) is 6.07 Å². The molecule has 142 valence electrons. The van der Waals surface area contributed by atoms with Gasteiger partial charge in [-0.05, 0) is 35.7 Å². The first-order valence-corrected chi connectivity index (χ1v) is 8.66. The molecule has 27 heavy (non-hydrogen) atoms. The molecule has 1 aliphatic heterocycles. The van der Waals surface area contributed by atoms with E-state index < -0.39 is 11.9 Å². The van der Waals surface area contributed by atoms with E-state index in [4.69, 9.17) is 21.1 Å². The molecule has 1 saturated heterocycles. The molecule has 2 aromatic rings. The van der Waals surface area contributed by atoms with Crippen LogP contribution in [0.2, 0.25) is 5.02 Å². The van der Waals surface area contributed by atoms with Crippen molar-refractivity contribution in [1.82, 2.24) is 5.32 Å². The number of carbonyl (C=O) groups is 2. The quantitative estimate of drug-likeness (QED) is 0.790. The van der Waals surface area contributed by atoms with Gasteiger partial charge in [-0.3, -0.25) is 4.79 Å². The summed E-state index contributed by atoms with van der Waals surface area (Å²) in [6.07, 6.45) is 0.137. The van der Waals surface area contributed by atoms with Crippen LogP contribution >= 0.6 is 11.6 Å². The maximum Gasteiger partial charge on any atom is 0.407 e. The highest BCUT2D eigenvalue weighted by molar-refractivity contribution is 6.30. The maximum atomic E-state index is 13.5. The van der Waals surface area contributed by atoms with Crippen LogP contribution in [-0.4, -0.2) is 31.8 Å². The zero-order valence-corrected chi connectivity index (χ0v) is 15.3. The normalized spacial score (nSPS) is 15.8. The summed E-state index contributed by atoms with van der Waals surface area (Å²) in [7, 11) is 1.53. The number of anilines is 1. The second-order valence-corrected chi connectivity index (χ2v) is 6.55. The van der Waals surface area contributed by atoms with E-state index >= 15 is 0 Å². The van der Waals surface area contributed by atoms with Gasteiger partial charge in [0.1, 0.15) is 18.2 Å². The van der Waals surface area contributed by atoms with E-state index in [1.165, 1.54) is 19.2 Å². The van der Waals surface area contributed by atoms with Crippen molar-refractivity contribution >= 4 is 29.3 Å². The number of methoxy groups -OCH3 is 1. The Morgan fingerprint density at radius 1 is 1.37 bits per heavy atom. The number of cyclic esters (lactones) is 1. The number of hydrogen-bond acceptors (Lipinski definition) is 4. The summed E-state index contributed by atoms with van der Waals surface area (Å²) in [5.41, 5.74) is 1.96. The molecule has 8 heteroatoms. The number of halogens is 2. The van der Waals surface area contributed by atoms with Gasteiger partial charge in [-0.2, -0.15) is 0 Å². The third-order valence-electron chi connectivity index (χ3n) is 4.12. The van der Waals surface area contributed by atoms with Crippen LogP contribution in [0.25, 0.3) is 0 Å². The number of amides is 2. The van der Waals surface area contributed by atoms with Gasteiger partial charge in [-0.15, -0.1) is 0 Å². The molecule has 3 rings (SSSR count). The van der Waals surface area contributed by atoms with E-state index in [1.54, 1.807) is 18.2 Å². The lowest BCUT2D eigenvalue weighted by atomic mass is 10.0. The second kappa shape index (κ2) is 8.26. The SMILES string of the molecule is COc1cc(NC(=O)Cc2ccc(Cl)c(F)c2)ccc1C[C@H]1COC(=O)N1. The summed E-state index contributed by atoms with van der Waals surface area (Å²) in [4.78, 5) is 23.3. The van der Waals surface area contributed by atoms with Gasteiger partial charge in [0.15, 0.2) is 0 Å². The van der Waals surface area contributed by atoms with Gasteiger partial charge < -0.3 is 20.1 Å². The van der Waals surface area contributed by atoms with Gasteiger partial charge in [0.2, 0.25) is 5.91 Å². The summed E-state index contributed by atoms with van der Waals surface area (Å²) in [6.45, 7) is 0.304. The predicted molar refractivity (Wildman–Crippen MR) is 98.7 cm³/mol. The Kier molecular flexibility index (Phi) is 5.81. The van der Waals surface area contributed by atoms with E-state index in [-0.39, 0.29) is 23.4 Å². The third-order valence-corrected chi connectivity index (χ3v) is 4.43. The molecule has 2 N–H and O–H groups in total. The van der Waals surface area contributed by atoms with E-state index in [9.17, 15) is 14.0 Å². The minimum absolute atomic E-state index is 0.0170. The summed E-state index contributed by atoms with van der Waals surface area (Å²) < 4.78 is 23.7. The first kappa shape index (κ1) is 19.0. The highest BCUT2D eigenvalue weighted by Gasteiger charge is 2.23. The van der Waals surface area contributed by atoms with Crippen LogP contribution in [0.3, 0.4) is 0 Å². The van der Waals surface area contributed by atoms with Crippen LogP contribution in [0.15, 0.2) is 36.4 Å². The topological polar surface area (TPSA) is 76.7 Å². The van der Waals surface area contributed by atoms with Crippen LogP contribution in [-0.2, 0) is 22.4 Å². The van der Waals surface area contributed by atoms with Crippen LogP contribution in [0.5, 0.6) is 5.75 Å². The molecule has 0 aromatic heterocycles. The molecule has 1 atom stereocenters. The number of nitrogens with one attached hydrogen (secondary N) is 2. The molecule has 0 bridgehead atoms. The first-order valence-electron chi connectivity index (χ1n) is 8.28. The lowest BCUT2D eigenvalue weighted by Gasteiger charge is -2.14. The molecule has 6 nitrogen and oxygen atoms in total. The summed E-state index contributed by atoms with van der Waals surface area (Å²) >= 11 is 5.64. The molecule has 1 aliphatic rings. The molecule has 0 unspecified atom stereocenters. The van der Waals surface area contributed by atoms with Crippen molar-refractivity contribution in [3.8, 4) is 5.75 Å². The number of alkyl carbamates (subject to hydrolysis) is 1. The first-order chi connectivity index (χ1) is 12.9. The monoisotopic (exact) mass is 392 g/mol. The van der Waals surface area contributed by atoms with E-state index in [0.717, 1.165) is 5.56 Å². The predicted octanol–water partition coefficient (Wildman–Crippen LogP) is 3.32. The lowest BCUT2D eigenvalue weighted by Crippen LogP contribution is -2.28. The molecule has 0 radical (unpaired) electrons. The number of hydrogen-bond donors (Lipinski definition) is 2. The molecule has 1 heterocycles. The average Bonchev–Trinajstić information content (AvgIpc) is 3.04. The van der Waals surface area contributed by atoms with Crippen LogP contribution in [0.1, 0.15) is 11.1 Å². The fraction of sp³-hybridized carbons (Fsp3) is 0.263. The maximum absolute atomic E-state index is 13.5. The van der Waals surface area contributed by atoms with Crippen molar-refractivity contribution in [2.75, 3.05) is 19.0 Å². The average molecular weight is 393 g/mol. The highest BCUT2D eigenvalue weighted by atomic mass is 35.5. The number of ether oxygens (including phenoxy) is 2. The van der Waals surface area contributed by atoms with Gasteiger partial charge in [0.05, 0.1) is 24.6 Å². The van der Waals surface area contributed by atoms with Gasteiger partial charge >= 0.3 is 6.09 Å². The minimum Gasteiger partial charge on any atom is -0.496 e. The standard InChI is InChI=1S/C19H18ClFN2O4/c1-26-17-9-13(4-3-12(17)8-14-10-27-19(25)23-14)22-18(24)7-11-2-5-15(20)16(21)6-11/h2-6,9,14H,7-8,10H2,1H3,(H,22,24)(H,23,25)/t14-/m0/s1. The molecule has 0 spiro atoms. The van der Waals surface area contributed by atoms with Gasteiger partial charge in [0, 0.05) is 11.8 Å². The number of carbonyl (C=O) groups excluding carboxylic acids is 2. The van der Waals surface area contributed by atoms with E-state index in [2.05, 4.69) is 10.6 Å². The minimum atomic E-state index is -0.559. The molecule has 2 aromatic carbocycles. The highest BCUT2D eigenvalue weighted by Crippen LogP contribution is 2.25. The number of benzene rings is 2. The van der Waals surface area contributed by atoms with Gasteiger partial charge in [0.25, 0.3) is 0 Å². The van der Waals surface area contributed by atoms with Crippen LogP contribution in [0, 0.1) is 5.82 Å². The Hall–Kier alpha value is -2.80. The zero-order valence-electron chi connectivity index (χ0n) is 14.6. The fourth-order valence-electron chi connectivity index (χ4n) is 2.83. The van der Waals surface area contributed by atoms with Crippen molar-refractivity contribution in [1.29, 1.82) is 0 Å². The summed E-state index contributed by atoms with van der Waals surface area (Å²) in [5.74, 6) is -0.259. The molecule has 1 fully saturated rings. The summed E-state index contributed by atoms with van der Waals surface area (Å²) in [5, 5.41) is 5.49. The Morgan fingerprint density at radius 2 is 2.19 bits per heavy atom. The molecule has 0 saturated carbocycles. The van der Waals surface area contributed by atoms with Crippen molar-refractivity contribution in [2.24, 2.45) is 0 Å². The van der Waals surface area contributed by atoms with Crippen molar-refractivity contribution in [3.63, 3.8) is 0 Å². The van der Waals surface area contributed by atoms with Crippen molar-refractivity contribution in [2.45, 2.75) is 18.9 Å². The zero-order chi connectivity index (χ0) is 19.4. The Morgan fingerprint density at radius 3 is 2.85 bits per heavy atom. The van der Waals surface area contributed by atoms with Gasteiger partial charge in [-0.25, -0.2) is 9.18 Å². The molecule has 0 aliphatic carbocycles. The Bertz CT molecular complexity index is 875. The summed E-state index contributed by atoms with van der Waals surface area (Å²) in [6, 6.07) is 9.41. The van der Waals surface area contributed by atoms with Crippen molar-refractivity contribution < 1.29 is 23.5 Å². The van der Waals surface area contributed by atoms with Crippen LogP contribution < -0.4 is 15.4 Å². The molecular formula is C19H18ClFN2O4. The van der Waals surface area contributed by atoms with Crippen molar-refractivity contribution in [3.05, 3.63) is 58.4 Å². The second-order valence-electron chi connectivity index (χ2n) is 6.14. The molecule has 2 amide bonds.